The summed E-state index contributed by atoms with van der Waals surface area (Å²) in [6.45, 7) is 23.7. The van der Waals surface area contributed by atoms with Crippen LogP contribution in [0.15, 0.2) is 24.3 Å². The molecule has 2 aliphatic heterocycles. The summed E-state index contributed by atoms with van der Waals surface area (Å²) < 4.78 is 5.61. The number of amides is 2. The van der Waals surface area contributed by atoms with E-state index in [1.165, 1.54) is 0 Å². The number of fused-ring (bicyclic) bond motifs is 2. The first-order valence-electron chi connectivity index (χ1n) is 18.4. The van der Waals surface area contributed by atoms with Gasteiger partial charge in [0.2, 0.25) is 0 Å². The van der Waals surface area contributed by atoms with Crippen LogP contribution in [-0.2, 0) is 14.4 Å². The molecule has 0 aromatic rings. The van der Waals surface area contributed by atoms with Crippen LogP contribution in [0.2, 0.25) is 0 Å². The van der Waals surface area contributed by atoms with Crippen molar-refractivity contribution in [3.63, 3.8) is 0 Å². The van der Waals surface area contributed by atoms with E-state index in [1.54, 1.807) is 5.06 Å². The zero-order chi connectivity index (χ0) is 34.0. The minimum absolute atomic E-state index is 0.0777. The van der Waals surface area contributed by atoms with Gasteiger partial charge >= 0.3 is 6.09 Å². The Kier molecular flexibility index (Phi) is 9.43. The number of hydrogen-bond donors (Lipinski definition) is 2. The summed E-state index contributed by atoms with van der Waals surface area (Å²) in [5.41, 5.74) is -2.22. The van der Waals surface area contributed by atoms with Gasteiger partial charge in [0, 0.05) is 23.7 Å². The molecule has 1 unspecified atom stereocenters. The second-order valence-corrected chi connectivity index (χ2v) is 18.2. The fraction of sp³-hybridized carbons (Fsp3) is 0.846. The Morgan fingerprint density at radius 3 is 2.33 bits per heavy atom. The van der Waals surface area contributed by atoms with Gasteiger partial charge < -0.3 is 15.2 Å². The van der Waals surface area contributed by atoms with Crippen LogP contribution < -0.4 is 5.32 Å². The van der Waals surface area contributed by atoms with Crippen molar-refractivity contribution in [3.8, 4) is 0 Å². The lowest BCUT2D eigenvalue weighted by Crippen LogP contribution is -2.80. The van der Waals surface area contributed by atoms with E-state index in [-0.39, 0.29) is 34.5 Å². The van der Waals surface area contributed by atoms with E-state index >= 15 is 0 Å². The molecule has 2 amide bonds. The van der Waals surface area contributed by atoms with E-state index < -0.39 is 35.0 Å². The summed E-state index contributed by atoms with van der Waals surface area (Å²) in [5.74, 6) is 2.64. The molecule has 11 atom stereocenters. The Labute approximate surface area is 279 Å². The lowest BCUT2D eigenvalue weighted by Gasteiger charge is -2.73. The molecule has 6 aliphatic rings. The molecule has 2 spiro atoms. The van der Waals surface area contributed by atoms with E-state index in [4.69, 9.17) is 9.57 Å². The number of nitrogens with one attached hydrogen (secondary N) is 1. The molecule has 2 heterocycles. The molecule has 1 saturated heterocycles. The van der Waals surface area contributed by atoms with Crippen LogP contribution in [0.5, 0.6) is 0 Å². The molecule has 3 saturated carbocycles. The predicted octanol–water partition coefficient (Wildman–Crippen LogP) is 8.23. The van der Waals surface area contributed by atoms with Crippen molar-refractivity contribution in [1.82, 2.24) is 10.4 Å². The highest BCUT2D eigenvalue weighted by Crippen LogP contribution is 2.73. The maximum absolute atomic E-state index is 14.8. The number of carbonyl (C=O) groups excluding carboxylic acids is 2. The van der Waals surface area contributed by atoms with E-state index in [0.717, 1.165) is 38.5 Å². The van der Waals surface area contributed by atoms with E-state index in [0.29, 0.717) is 36.5 Å². The number of aliphatic hydroxyl groups is 1. The van der Waals surface area contributed by atoms with Crippen LogP contribution in [0, 0.1) is 52.3 Å². The molecule has 0 aromatic carbocycles. The molecular formula is C39H64N2O5. The number of rotatable bonds is 8. The molecule has 4 fully saturated rings. The van der Waals surface area contributed by atoms with Crippen molar-refractivity contribution in [2.75, 3.05) is 0 Å². The van der Waals surface area contributed by atoms with E-state index in [9.17, 15) is 14.7 Å². The Balaban J connectivity index is 1.53. The number of ether oxygens (including phenoxy) is 1. The topological polar surface area (TPSA) is 88.1 Å². The number of allylic oxidation sites excluding steroid dienone is 2. The van der Waals surface area contributed by atoms with Gasteiger partial charge in [-0.25, -0.2) is 9.86 Å². The second-order valence-electron chi connectivity index (χ2n) is 18.2. The predicted molar refractivity (Wildman–Crippen MR) is 182 cm³/mol. The maximum atomic E-state index is 14.8. The lowest BCUT2D eigenvalue weighted by atomic mass is 9.41. The Morgan fingerprint density at radius 1 is 1.00 bits per heavy atom. The van der Waals surface area contributed by atoms with Gasteiger partial charge in [0.25, 0.3) is 5.91 Å². The number of carbonyl (C=O) groups is 2. The summed E-state index contributed by atoms with van der Waals surface area (Å²) in [7, 11) is 0. The van der Waals surface area contributed by atoms with Gasteiger partial charge in [-0.2, -0.15) is 0 Å². The Morgan fingerprint density at radius 2 is 1.70 bits per heavy atom. The fourth-order valence-electron chi connectivity index (χ4n) is 10.6. The lowest BCUT2D eigenvalue weighted by molar-refractivity contribution is -0.387. The Bertz CT molecular complexity index is 1220. The highest BCUT2D eigenvalue weighted by atomic mass is 16.7. The van der Waals surface area contributed by atoms with Gasteiger partial charge in [-0.05, 0) is 101 Å². The molecule has 2 N–H and O–H groups in total. The first-order valence-corrected chi connectivity index (χ1v) is 18.4. The number of hydroxylamine groups is 2. The summed E-state index contributed by atoms with van der Waals surface area (Å²) in [5, 5.41) is 15.7. The fourth-order valence-corrected chi connectivity index (χ4v) is 10.6. The van der Waals surface area contributed by atoms with Crippen LogP contribution in [0.4, 0.5) is 4.79 Å². The summed E-state index contributed by atoms with van der Waals surface area (Å²) in [6, 6.07) is -0.797. The van der Waals surface area contributed by atoms with Gasteiger partial charge in [0.05, 0.1) is 11.6 Å². The van der Waals surface area contributed by atoms with Gasteiger partial charge in [-0.1, -0.05) is 79.7 Å². The van der Waals surface area contributed by atoms with Crippen LogP contribution in [-0.4, -0.2) is 51.1 Å². The summed E-state index contributed by atoms with van der Waals surface area (Å²) >= 11 is 0. The van der Waals surface area contributed by atoms with Gasteiger partial charge in [0.15, 0.2) is 0 Å². The molecule has 260 valence electrons. The average Bonchev–Trinajstić information content (AvgIpc) is 3.31. The minimum Gasteiger partial charge on any atom is -0.444 e. The van der Waals surface area contributed by atoms with Crippen molar-refractivity contribution in [3.05, 3.63) is 24.3 Å². The molecule has 7 nitrogen and oxygen atoms in total. The standard InChI is InChI=1S/C39H64N2O5/c1-24(2)22-30(40-34(44)45-35(7,8)9)33(43)41-38-20-21-39(46-41)31-15-14-29(27(6)13-12-26(5)25(3)4)36(31,10)18-17-32(39)37(38,11)19-16-28(42)23-38/h12-13,20-21,24-32,42H,14-19,22-23H2,1-11H3,(H,40,44)/b13-12+/t26-,27+,28-,29+,30+,31+,32?,36+,37+,38+,39-/m0/s1. The smallest absolute Gasteiger partial charge is 0.408 e. The quantitative estimate of drug-likeness (QED) is 0.261. The first kappa shape index (κ1) is 35.4. The van der Waals surface area contributed by atoms with Crippen LogP contribution in [0.3, 0.4) is 0 Å². The number of hydrogen-bond acceptors (Lipinski definition) is 5. The Hall–Kier alpha value is -1.86. The average molecular weight is 641 g/mol. The second kappa shape index (κ2) is 12.2. The molecule has 0 radical (unpaired) electrons. The van der Waals surface area contributed by atoms with Gasteiger partial charge in [-0.15, -0.1) is 0 Å². The van der Waals surface area contributed by atoms with Crippen molar-refractivity contribution in [1.29, 1.82) is 0 Å². The van der Waals surface area contributed by atoms with Crippen LogP contribution >= 0.6 is 0 Å². The number of nitrogens with zero attached hydrogens (tertiary/aromatic N) is 1. The normalized spacial score (nSPS) is 40.4. The summed E-state index contributed by atoms with van der Waals surface area (Å²) in [4.78, 5) is 35.2. The van der Waals surface area contributed by atoms with Crippen molar-refractivity contribution in [2.45, 2.75) is 156 Å². The zero-order valence-corrected chi connectivity index (χ0v) is 30.7. The molecule has 4 aliphatic carbocycles. The third-order valence-corrected chi connectivity index (χ3v) is 13.3. The third kappa shape index (κ3) is 5.77. The highest BCUT2D eigenvalue weighted by molar-refractivity contribution is 5.86. The summed E-state index contributed by atoms with van der Waals surface area (Å²) in [6.07, 6.45) is 15.3. The maximum Gasteiger partial charge on any atom is 0.408 e. The van der Waals surface area contributed by atoms with Gasteiger partial charge in [-0.3, -0.25) is 9.63 Å². The molecular weight excluding hydrogens is 576 g/mol. The SMILES string of the molecule is CC(C)C[C@@H](NC(=O)OC(C)(C)C)C(=O)N1O[C@]23C=C[C@]14C[C@@H](O)CC[C@]4(C)C2CC[C@]1(C)[C@@H]([C@H](C)/C=C/[C@H](C)C(C)C)CC[C@H]13. The van der Waals surface area contributed by atoms with Crippen LogP contribution in [0.1, 0.15) is 128 Å². The minimum atomic E-state index is -0.797. The molecule has 2 bridgehead atoms. The van der Waals surface area contributed by atoms with Crippen molar-refractivity contribution in [2.24, 2.45) is 52.3 Å². The van der Waals surface area contributed by atoms with Gasteiger partial charge in [0.1, 0.15) is 17.2 Å². The van der Waals surface area contributed by atoms with Crippen LogP contribution in [0.25, 0.3) is 0 Å². The molecule has 46 heavy (non-hydrogen) atoms. The first-order chi connectivity index (χ1) is 21.3. The monoisotopic (exact) mass is 640 g/mol. The third-order valence-electron chi connectivity index (χ3n) is 13.3. The van der Waals surface area contributed by atoms with Crippen molar-refractivity contribution < 1.29 is 24.3 Å². The molecule has 6 rings (SSSR count). The largest absolute Gasteiger partial charge is 0.444 e. The van der Waals surface area contributed by atoms with E-state index in [1.807, 2.05) is 20.8 Å². The molecule has 7 heteroatoms. The van der Waals surface area contributed by atoms with Crippen molar-refractivity contribution >= 4 is 12.0 Å². The zero-order valence-electron chi connectivity index (χ0n) is 30.7. The number of alkyl carbamates (subject to hydrolysis) is 1. The highest BCUT2D eigenvalue weighted by Gasteiger charge is 2.76. The molecule has 0 aromatic heterocycles. The number of aliphatic hydroxyl groups excluding tert-OH is 1. The van der Waals surface area contributed by atoms with E-state index in [2.05, 4.69) is 85.0 Å².